The summed E-state index contributed by atoms with van der Waals surface area (Å²) in [5, 5.41) is 13.1. The van der Waals surface area contributed by atoms with E-state index in [-0.39, 0.29) is 22.3 Å². The van der Waals surface area contributed by atoms with Gasteiger partial charge in [0.1, 0.15) is 0 Å². The third-order valence-corrected chi connectivity index (χ3v) is 3.07. The average molecular weight is 338 g/mol. The average Bonchev–Trinajstić information content (AvgIpc) is 2.53. The predicted molar refractivity (Wildman–Crippen MR) is 88.6 cm³/mol. The lowest BCUT2D eigenvalue weighted by Crippen LogP contribution is -2.48. The Morgan fingerprint density at radius 2 is 2.00 bits per heavy atom. The number of non-ortho nitro benzene ring substituents is 1. The summed E-state index contributed by atoms with van der Waals surface area (Å²) in [6.07, 6.45) is 3.09. The zero-order valence-corrected chi connectivity index (χ0v) is 13.4. The van der Waals surface area contributed by atoms with Crippen LogP contribution in [-0.4, -0.2) is 21.9 Å². The highest BCUT2D eigenvalue weighted by Gasteiger charge is 2.12. The molecule has 124 valence electrons. The Hall–Kier alpha value is -2.55. The molecule has 23 heavy (non-hydrogen) atoms. The number of nitro groups is 1. The molecule has 0 radical (unpaired) electrons. The molecular weight excluding hydrogens is 320 g/mol. The molecule has 0 fully saturated rings. The lowest BCUT2D eigenvalue weighted by Gasteiger charge is -2.10. The highest BCUT2D eigenvalue weighted by Crippen LogP contribution is 2.12. The van der Waals surface area contributed by atoms with Crippen LogP contribution in [0.1, 0.15) is 43.0 Å². The summed E-state index contributed by atoms with van der Waals surface area (Å²) in [5.74, 6) is -0.836. The fourth-order valence-corrected chi connectivity index (χ4v) is 1.87. The highest BCUT2D eigenvalue weighted by atomic mass is 32.1. The lowest BCUT2D eigenvalue weighted by molar-refractivity contribution is -0.384. The van der Waals surface area contributed by atoms with E-state index in [4.69, 9.17) is 12.2 Å². The number of benzene rings is 1. The summed E-state index contributed by atoms with van der Waals surface area (Å²) in [6, 6.07) is 5.26. The Bertz CT molecular complexity index is 606. The Morgan fingerprint density at radius 3 is 2.65 bits per heavy atom. The number of nitro benzene ring substituents is 1. The zero-order chi connectivity index (χ0) is 17.2. The maximum atomic E-state index is 11.9. The molecule has 1 aromatic carbocycles. The number of rotatable bonds is 6. The molecule has 9 heteroatoms. The predicted octanol–water partition coefficient (Wildman–Crippen LogP) is 1.81. The van der Waals surface area contributed by atoms with Crippen LogP contribution < -0.4 is 16.2 Å². The van der Waals surface area contributed by atoms with E-state index in [9.17, 15) is 19.7 Å². The van der Waals surface area contributed by atoms with E-state index >= 15 is 0 Å². The monoisotopic (exact) mass is 338 g/mol. The minimum absolute atomic E-state index is 0.0368. The van der Waals surface area contributed by atoms with Crippen LogP contribution in [0.15, 0.2) is 24.3 Å². The first kappa shape index (κ1) is 18.5. The van der Waals surface area contributed by atoms with Crippen LogP contribution in [0.25, 0.3) is 0 Å². The number of amides is 2. The first-order valence-electron chi connectivity index (χ1n) is 7.08. The van der Waals surface area contributed by atoms with Crippen LogP contribution in [0.4, 0.5) is 5.69 Å². The van der Waals surface area contributed by atoms with Crippen LogP contribution in [-0.2, 0) is 4.79 Å². The second kappa shape index (κ2) is 9.46. The molecule has 0 heterocycles. The summed E-state index contributed by atoms with van der Waals surface area (Å²) in [5.41, 5.74) is 4.56. The molecule has 0 atom stereocenters. The van der Waals surface area contributed by atoms with Gasteiger partial charge in [-0.05, 0) is 24.7 Å². The van der Waals surface area contributed by atoms with Gasteiger partial charge in [0, 0.05) is 24.1 Å². The van der Waals surface area contributed by atoms with Crippen molar-refractivity contribution in [3.63, 3.8) is 0 Å². The number of unbranched alkanes of at least 4 members (excludes halogenated alkanes) is 2. The number of nitrogens with zero attached hydrogens (tertiary/aromatic N) is 1. The summed E-state index contributed by atoms with van der Waals surface area (Å²) in [7, 11) is 0. The molecule has 0 saturated carbocycles. The topological polar surface area (TPSA) is 113 Å². The minimum Gasteiger partial charge on any atom is -0.302 e. The number of nitrogens with one attached hydrogen (secondary N) is 3. The zero-order valence-electron chi connectivity index (χ0n) is 12.6. The second-order valence-electron chi connectivity index (χ2n) is 4.72. The van der Waals surface area contributed by atoms with E-state index in [0.29, 0.717) is 6.42 Å². The van der Waals surface area contributed by atoms with Gasteiger partial charge < -0.3 is 5.32 Å². The standard InChI is InChI=1S/C14H18N4O4S/c1-2-3-4-8-12(19)15-14(23)17-16-13(20)10-6-5-7-11(9-10)18(21)22/h5-7,9H,2-4,8H2,1H3,(H,16,20)(H2,15,17,19,23). The normalized spacial score (nSPS) is 9.78. The van der Waals surface area contributed by atoms with Gasteiger partial charge in [-0.2, -0.15) is 0 Å². The fraction of sp³-hybridized carbons (Fsp3) is 0.357. The van der Waals surface area contributed by atoms with E-state index < -0.39 is 10.8 Å². The molecule has 0 aliphatic heterocycles. The van der Waals surface area contributed by atoms with Crippen molar-refractivity contribution >= 4 is 34.8 Å². The van der Waals surface area contributed by atoms with Gasteiger partial charge in [-0.25, -0.2) is 0 Å². The van der Waals surface area contributed by atoms with Gasteiger partial charge in [0.15, 0.2) is 5.11 Å². The molecule has 0 saturated heterocycles. The maximum Gasteiger partial charge on any atom is 0.270 e. The third kappa shape index (κ3) is 6.83. The van der Waals surface area contributed by atoms with Crippen molar-refractivity contribution in [2.75, 3.05) is 0 Å². The fourth-order valence-electron chi connectivity index (χ4n) is 1.70. The van der Waals surface area contributed by atoms with Gasteiger partial charge in [0.2, 0.25) is 5.91 Å². The Morgan fingerprint density at radius 1 is 1.26 bits per heavy atom. The van der Waals surface area contributed by atoms with Crippen molar-refractivity contribution in [2.45, 2.75) is 32.6 Å². The molecule has 0 aliphatic carbocycles. The molecule has 1 rings (SSSR count). The summed E-state index contributed by atoms with van der Waals surface area (Å²) >= 11 is 4.88. The van der Waals surface area contributed by atoms with Gasteiger partial charge in [0.25, 0.3) is 11.6 Å². The third-order valence-electron chi connectivity index (χ3n) is 2.87. The number of hydrogen-bond acceptors (Lipinski definition) is 5. The molecular formula is C14H18N4O4S. The van der Waals surface area contributed by atoms with Gasteiger partial charge in [0.05, 0.1) is 4.92 Å². The van der Waals surface area contributed by atoms with E-state index in [1.165, 1.54) is 18.2 Å². The van der Waals surface area contributed by atoms with E-state index in [0.717, 1.165) is 25.3 Å². The molecule has 2 amide bonds. The van der Waals surface area contributed by atoms with Crippen LogP contribution in [0.3, 0.4) is 0 Å². The molecule has 0 aliphatic rings. The lowest BCUT2D eigenvalue weighted by atomic mass is 10.2. The van der Waals surface area contributed by atoms with Gasteiger partial charge in [-0.15, -0.1) is 0 Å². The second-order valence-corrected chi connectivity index (χ2v) is 5.13. The van der Waals surface area contributed by atoms with Gasteiger partial charge >= 0.3 is 0 Å². The van der Waals surface area contributed by atoms with Crippen molar-refractivity contribution in [3.05, 3.63) is 39.9 Å². The number of hydrogen-bond donors (Lipinski definition) is 3. The number of hydrazine groups is 1. The van der Waals surface area contributed by atoms with Crippen LogP contribution in [0, 0.1) is 10.1 Å². The van der Waals surface area contributed by atoms with Crippen LogP contribution in [0.2, 0.25) is 0 Å². The van der Waals surface area contributed by atoms with Crippen molar-refractivity contribution in [1.29, 1.82) is 0 Å². The number of thiocarbonyl (C=S) groups is 1. The Kier molecular flexibility index (Phi) is 7.61. The van der Waals surface area contributed by atoms with E-state index in [2.05, 4.69) is 16.2 Å². The molecule has 0 spiro atoms. The van der Waals surface area contributed by atoms with Crippen molar-refractivity contribution in [1.82, 2.24) is 16.2 Å². The summed E-state index contributed by atoms with van der Waals surface area (Å²) < 4.78 is 0. The van der Waals surface area contributed by atoms with E-state index in [1.54, 1.807) is 0 Å². The maximum absolute atomic E-state index is 11.9. The molecule has 1 aromatic rings. The van der Waals surface area contributed by atoms with Gasteiger partial charge in [-0.1, -0.05) is 25.8 Å². The largest absolute Gasteiger partial charge is 0.302 e. The first-order valence-corrected chi connectivity index (χ1v) is 7.49. The molecule has 0 aromatic heterocycles. The van der Waals surface area contributed by atoms with Gasteiger partial charge in [-0.3, -0.25) is 30.6 Å². The highest BCUT2D eigenvalue weighted by molar-refractivity contribution is 7.80. The first-order chi connectivity index (χ1) is 10.9. The molecule has 0 bridgehead atoms. The van der Waals surface area contributed by atoms with Crippen molar-refractivity contribution < 1.29 is 14.5 Å². The molecule has 0 unspecified atom stereocenters. The number of carbonyl (C=O) groups excluding carboxylic acids is 2. The van der Waals surface area contributed by atoms with Crippen molar-refractivity contribution in [3.8, 4) is 0 Å². The Labute approximate surface area is 138 Å². The summed E-state index contributed by atoms with van der Waals surface area (Å²) in [4.78, 5) is 33.5. The minimum atomic E-state index is -0.601. The molecule has 3 N–H and O–H groups in total. The van der Waals surface area contributed by atoms with E-state index in [1.807, 2.05) is 6.92 Å². The summed E-state index contributed by atoms with van der Waals surface area (Å²) in [6.45, 7) is 2.04. The van der Waals surface area contributed by atoms with Crippen LogP contribution in [0.5, 0.6) is 0 Å². The smallest absolute Gasteiger partial charge is 0.270 e. The quantitative estimate of drug-likeness (QED) is 0.315. The molecule has 8 nitrogen and oxygen atoms in total. The Balaban J connectivity index is 2.43. The van der Waals surface area contributed by atoms with Crippen LogP contribution >= 0.6 is 12.2 Å². The SMILES string of the molecule is CCCCCC(=O)NC(=S)NNC(=O)c1cccc([N+](=O)[O-])c1. The van der Waals surface area contributed by atoms with Crippen molar-refractivity contribution in [2.24, 2.45) is 0 Å². The number of carbonyl (C=O) groups is 2.